The molecule has 57 heavy (non-hydrogen) atoms. The Balaban J connectivity index is 5.26. The minimum Gasteiger partial charge on any atom is -0.396 e. The Kier molecular flexibility index (Phi) is 25.5. The quantitative estimate of drug-likeness (QED) is 0.0458. The van der Waals surface area contributed by atoms with Crippen molar-refractivity contribution in [2.24, 2.45) is 0 Å². The first-order chi connectivity index (χ1) is 25.7. The molecule has 0 aliphatic carbocycles. The van der Waals surface area contributed by atoms with Crippen molar-refractivity contribution in [2.75, 3.05) is 26.4 Å². The fourth-order valence-electron chi connectivity index (χ4n) is 5.16. The largest absolute Gasteiger partial charge is 0.636 e. The molecule has 0 amide bonds. The summed E-state index contributed by atoms with van der Waals surface area (Å²) in [5.41, 5.74) is 0. The first kappa shape index (κ1) is 58.8. The van der Waals surface area contributed by atoms with E-state index in [9.17, 15) is 0 Å². The molecule has 0 bridgehead atoms. The van der Waals surface area contributed by atoms with Crippen molar-refractivity contribution in [3.8, 4) is 0 Å². The van der Waals surface area contributed by atoms with Gasteiger partial charge in [0.25, 0.3) is 0 Å². The summed E-state index contributed by atoms with van der Waals surface area (Å²) in [6.45, 7) is 52.5. The van der Waals surface area contributed by atoms with Gasteiger partial charge >= 0.3 is 18.1 Å². The Morgan fingerprint density at radius 2 is 0.421 bits per heavy atom. The lowest BCUT2D eigenvalue weighted by molar-refractivity contribution is 0.0821. The van der Waals surface area contributed by atoms with E-state index >= 15 is 0 Å². The highest BCUT2D eigenvalue weighted by Crippen LogP contribution is 2.35. The molecular weight excluding hydrogens is 885 g/mol. The third-order valence-corrected chi connectivity index (χ3v) is 50.0. The fraction of sp³-hybridized carbons (Fsp3) is 1.00. The Morgan fingerprint density at radius 3 is 0.614 bits per heavy atom. The van der Waals surface area contributed by atoms with Gasteiger partial charge in [-0.1, -0.05) is 41.5 Å². The topological polar surface area (TPSA) is 92.3 Å². The van der Waals surface area contributed by atoms with Gasteiger partial charge < -0.3 is 42.4 Å². The van der Waals surface area contributed by atoms with E-state index in [1.54, 1.807) is 0 Å². The summed E-state index contributed by atoms with van der Waals surface area (Å²) in [6, 6.07) is 7.89. The molecule has 0 unspecified atom stereocenters. The van der Waals surface area contributed by atoms with Crippen molar-refractivity contribution in [1.82, 2.24) is 0 Å². The zero-order chi connectivity index (χ0) is 44.7. The molecule has 344 valence electrons. The summed E-state index contributed by atoms with van der Waals surface area (Å²) in [4.78, 5) is 0. The van der Waals surface area contributed by atoms with Gasteiger partial charge in [0.05, 0.1) is 0 Å². The summed E-state index contributed by atoms with van der Waals surface area (Å²) in [7, 11) is -23.5. The number of ether oxygens (including phenoxy) is 2. The Morgan fingerprint density at radius 1 is 0.246 bits per heavy atom. The molecule has 0 aromatic heterocycles. The maximum absolute atomic E-state index is 7.17. The lowest BCUT2D eigenvalue weighted by Gasteiger charge is -2.46. The zero-order valence-corrected chi connectivity index (χ0v) is 51.7. The van der Waals surface area contributed by atoms with Crippen molar-refractivity contribution >= 4 is 84.6 Å². The minimum atomic E-state index is -3.38. The molecule has 0 aromatic rings. The van der Waals surface area contributed by atoms with Crippen LogP contribution in [0.4, 0.5) is 0 Å². The van der Waals surface area contributed by atoms with Crippen molar-refractivity contribution in [1.29, 1.82) is 0 Å². The predicted octanol–water partition coefficient (Wildman–Crippen LogP) is 13.0. The van der Waals surface area contributed by atoms with E-state index in [0.29, 0.717) is 26.4 Å². The Bertz CT molecular complexity index is 952. The molecular formula is C37H96O10Si10. The summed E-state index contributed by atoms with van der Waals surface area (Å²) < 4.78 is 68.8. The Hall–Kier alpha value is 1.77. The van der Waals surface area contributed by atoms with Gasteiger partial charge in [-0.05, 0) is 172 Å². The third-order valence-electron chi connectivity index (χ3n) is 11.0. The number of hydrogen-bond donors (Lipinski definition) is 0. The smallest absolute Gasteiger partial charge is 0.396 e. The van der Waals surface area contributed by atoms with Crippen molar-refractivity contribution < 1.29 is 42.4 Å². The highest BCUT2D eigenvalue weighted by Gasteiger charge is 2.59. The van der Waals surface area contributed by atoms with Gasteiger partial charge in [0.2, 0.25) is 0 Å². The van der Waals surface area contributed by atoms with Crippen LogP contribution >= 0.6 is 0 Å². The molecule has 0 radical (unpaired) electrons. The van der Waals surface area contributed by atoms with Crippen LogP contribution in [0.1, 0.15) is 60.8 Å². The second-order valence-electron chi connectivity index (χ2n) is 20.8. The van der Waals surface area contributed by atoms with E-state index in [1.807, 2.05) is 0 Å². The zero-order valence-electron chi connectivity index (χ0n) is 41.7. The van der Waals surface area contributed by atoms with Gasteiger partial charge in [-0.15, -0.1) is 0 Å². The molecule has 0 spiro atoms. The van der Waals surface area contributed by atoms with E-state index in [-0.39, 0.29) is 0 Å². The first-order valence-corrected chi connectivity index (χ1v) is 50.7. The van der Waals surface area contributed by atoms with Crippen LogP contribution in [0.5, 0.6) is 0 Å². The number of rotatable bonds is 34. The molecule has 0 N–H and O–H groups in total. The van der Waals surface area contributed by atoms with Gasteiger partial charge in [0.15, 0.2) is 66.5 Å². The lowest BCUT2D eigenvalue weighted by Crippen LogP contribution is -2.66. The van der Waals surface area contributed by atoms with Crippen LogP contribution in [0.25, 0.3) is 0 Å². The van der Waals surface area contributed by atoms with Crippen molar-refractivity contribution in [3.63, 3.8) is 0 Å². The van der Waals surface area contributed by atoms with Crippen LogP contribution in [0.3, 0.4) is 0 Å². The average Bonchev–Trinajstić information content (AvgIpc) is 3.05. The summed E-state index contributed by atoms with van der Waals surface area (Å²) in [5.74, 6) is 0. The standard InChI is InChI=1S/C37H96O10Si10/c1-23-48(7,8)40-56(41-49(9,10)24-2,42-50(11,12)25-3)46-54(19,20)36-30-34-38-32-29-33-39-35-31-37-55(21,22)47-57(43-51(13,14)26-4,44-52(15,16)27-5)45-53(17,18)28-6/h23-37H2,1-22H3. The van der Waals surface area contributed by atoms with E-state index in [0.717, 1.165) is 67.6 Å². The van der Waals surface area contributed by atoms with Gasteiger partial charge in [-0.2, -0.15) is 0 Å². The van der Waals surface area contributed by atoms with E-state index in [2.05, 4.69) is 146 Å². The Labute approximate surface area is 365 Å². The maximum Gasteiger partial charge on any atom is 0.636 e. The summed E-state index contributed by atoms with van der Waals surface area (Å²) in [6.07, 6.45) is 2.76. The van der Waals surface area contributed by atoms with Crippen LogP contribution < -0.4 is 0 Å². The van der Waals surface area contributed by atoms with Crippen LogP contribution in [0.15, 0.2) is 0 Å². The third kappa shape index (κ3) is 25.6. The van der Waals surface area contributed by atoms with Crippen LogP contribution in [0.2, 0.25) is 153 Å². The molecule has 0 aliphatic heterocycles. The average molecular weight is 982 g/mol. The highest BCUT2D eigenvalue weighted by atomic mass is 28.5. The molecule has 0 aromatic carbocycles. The van der Waals surface area contributed by atoms with Crippen LogP contribution in [-0.2, 0) is 42.4 Å². The summed E-state index contributed by atoms with van der Waals surface area (Å²) >= 11 is 0. The highest BCUT2D eigenvalue weighted by molar-refractivity contribution is 6.93. The lowest BCUT2D eigenvalue weighted by atomic mass is 10.4. The van der Waals surface area contributed by atoms with Gasteiger partial charge in [0, 0.05) is 26.4 Å². The van der Waals surface area contributed by atoms with Gasteiger partial charge in [-0.25, -0.2) is 0 Å². The van der Waals surface area contributed by atoms with E-state index in [4.69, 9.17) is 42.4 Å². The molecule has 0 saturated heterocycles. The number of hydrogen-bond acceptors (Lipinski definition) is 10. The van der Waals surface area contributed by atoms with Gasteiger partial charge in [0.1, 0.15) is 0 Å². The second-order valence-corrected chi connectivity index (χ2v) is 62.7. The molecule has 20 heteroatoms. The maximum atomic E-state index is 7.17. The summed E-state index contributed by atoms with van der Waals surface area (Å²) in [5, 5.41) is 0. The molecule has 0 heterocycles. The van der Waals surface area contributed by atoms with Crippen LogP contribution in [-0.4, -0.2) is 111 Å². The van der Waals surface area contributed by atoms with Gasteiger partial charge in [-0.3, -0.25) is 0 Å². The van der Waals surface area contributed by atoms with Crippen LogP contribution in [0, 0.1) is 0 Å². The predicted molar refractivity (Wildman–Crippen MR) is 268 cm³/mol. The monoisotopic (exact) mass is 980 g/mol. The first-order valence-electron chi connectivity index (χ1n) is 22.5. The SMILES string of the molecule is CC[Si](C)(C)O[Si](O[Si](C)(C)CC)(O[Si](C)(C)CC)O[Si](C)(C)CCCOCCCOCCC[Si](C)(C)O[Si](O[Si](C)(C)CC)(O[Si](C)(C)CC)O[Si](C)(C)CC. The molecule has 10 nitrogen and oxygen atoms in total. The van der Waals surface area contributed by atoms with Crippen molar-refractivity contribution in [2.45, 2.75) is 214 Å². The molecule has 0 rings (SSSR count). The molecule has 0 saturated carbocycles. The normalized spacial score (nSPS) is 14.8. The molecule has 0 aliphatic rings. The minimum absolute atomic E-state index is 0.689. The molecule has 0 atom stereocenters. The van der Waals surface area contributed by atoms with Crippen molar-refractivity contribution in [3.05, 3.63) is 0 Å². The molecule has 0 fully saturated rings. The van der Waals surface area contributed by atoms with E-state index in [1.165, 1.54) is 0 Å². The second kappa shape index (κ2) is 24.7. The van der Waals surface area contributed by atoms with E-state index < -0.39 is 84.6 Å². The fourth-order valence-corrected chi connectivity index (χ4v) is 39.6.